The molecule has 26 heavy (non-hydrogen) atoms. The van der Waals surface area contributed by atoms with E-state index in [4.69, 9.17) is 10.5 Å². The molecule has 0 spiro atoms. The Balaban J connectivity index is 1.80. The Labute approximate surface area is 156 Å². The van der Waals surface area contributed by atoms with Gasteiger partial charge in [-0.1, -0.05) is 68.4 Å². The van der Waals surface area contributed by atoms with Crippen LogP contribution in [0.5, 0.6) is 5.75 Å². The zero-order valence-corrected chi connectivity index (χ0v) is 15.6. The molecule has 3 rings (SSSR count). The maximum absolute atomic E-state index is 6.02. The van der Waals surface area contributed by atoms with Crippen molar-refractivity contribution in [3.05, 3.63) is 89.5 Å². The van der Waals surface area contributed by atoms with E-state index in [0.29, 0.717) is 19.1 Å². The summed E-state index contributed by atoms with van der Waals surface area (Å²) in [6.07, 6.45) is 1.11. The third-order valence-corrected chi connectivity index (χ3v) is 4.38. The number of rotatable bonds is 7. The highest BCUT2D eigenvalue weighted by atomic mass is 16.5. The molecule has 134 valence electrons. The molecule has 0 aliphatic rings. The average molecular weight is 345 g/mol. The van der Waals surface area contributed by atoms with Gasteiger partial charge in [-0.05, 0) is 58.4 Å². The molecule has 0 saturated heterocycles. The van der Waals surface area contributed by atoms with Gasteiger partial charge in [-0.15, -0.1) is 0 Å². The first-order chi connectivity index (χ1) is 12.6. The molecule has 0 unspecified atom stereocenters. The van der Waals surface area contributed by atoms with E-state index in [9.17, 15) is 0 Å². The van der Waals surface area contributed by atoms with E-state index in [1.807, 2.05) is 24.3 Å². The molecule has 0 saturated carbocycles. The number of hydrogen-bond acceptors (Lipinski definition) is 2. The molecule has 0 aliphatic heterocycles. The van der Waals surface area contributed by atoms with Gasteiger partial charge in [0, 0.05) is 6.54 Å². The standard InChI is InChI=1S/C24H27NO/c1-18(2)12-19-8-10-22(11-9-19)23-13-21(16-25)14-24(15-23)26-17-20-6-4-3-5-7-20/h3-11,13-15,18H,12,16-17,25H2,1-2H3. The lowest BCUT2D eigenvalue weighted by atomic mass is 9.98. The summed E-state index contributed by atoms with van der Waals surface area (Å²) >= 11 is 0. The molecule has 2 N–H and O–H groups in total. The van der Waals surface area contributed by atoms with Crippen molar-refractivity contribution >= 4 is 0 Å². The van der Waals surface area contributed by atoms with Crippen LogP contribution in [0.4, 0.5) is 0 Å². The van der Waals surface area contributed by atoms with Gasteiger partial charge in [0.1, 0.15) is 12.4 Å². The molecule has 3 aromatic carbocycles. The summed E-state index contributed by atoms with van der Waals surface area (Å²) in [5.41, 5.74) is 11.8. The monoisotopic (exact) mass is 345 g/mol. The summed E-state index contributed by atoms with van der Waals surface area (Å²) in [6, 6.07) is 25.3. The van der Waals surface area contributed by atoms with Gasteiger partial charge in [0.15, 0.2) is 0 Å². The van der Waals surface area contributed by atoms with Crippen LogP contribution in [0.15, 0.2) is 72.8 Å². The second kappa shape index (κ2) is 8.68. The molecule has 0 atom stereocenters. The number of nitrogens with two attached hydrogens (primary N) is 1. The first-order valence-electron chi connectivity index (χ1n) is 9.24. The minimum absolute atomic E-state index is 0.501. The van der Waals surface area contributed by atoms with Crippen LogP contribution >= 0.6 is 0 Å². The van der Waals surface area contributed by atoms with Crippen LogP contribution in [0, 0.1) is 5.92 Å². The van der Waals surface area contributed by atoms with Crippen LogP contribution in [0.3, 0.4) is 0 Å². The smallest absolute Gasteiger partial charge is 0.120 e. The topological polar surface area (TPSA) is 35.2 Å². The average Bonchev–Trinajstić information content (AvgIpc) is 2.67. The van der Waals surface area contributed by atoms with Gasteiger partial charge in [-0.3, -0.25) is 0 Å². The highest BCUT2D eigenvalue weighted by molar-refractivity contribution is 5.66. The predicted molar refractivity (Wildman–Crippen MR) is 109 cm³/mol. The molecule has 0 amide bonds. The fourth-order valence-electron chi connectivity index (χ4n) is 3.07. The summed E-state index contributed by atoms with van der Waals surface area (Å²) in [5, 5.41) is 0. The number of ether oxygens (including phenoxy) is 1. The summed E-state index contributed by atoms with van der Waals surface area (Å²) in [7, 11) is 0. The molecule has 0 fully saturated rings. The van der Waals surface area contributed by atoms with Crippen LogP contribution in [0.25, 0.3) is 11.1 Å². The van der Waals surface area contributed by atoms with Crippen LogP contribution in [-0.2, 0) is 19.6 Å². The SMILES string of the molecule is CC(C)Cc1ccc(-c2cc(CN)cc(OCc3ccccc3)c2)cc1. The van der Waals surface area contributed by atoms with Gasteiger partial charge in [-0.2, -0.15) is 0 Å². The minimum Gasteiger partial charge on any atom is -0.489 e. The highest BCUT2D eigenvalue weighted by Gasteiger charge is 2.06. The molecule has 0 heterocycles. The van der Waals surface area contributed by atoms with Gasteiger partial charge in [-0.25, -0.2) is 0 Å². The fraction of sp³-hybridized carbons (Fsp3) is 0.250. The number of hydrogen-bond donors (Lipinski definition) is 1. The van der Waals surface area contributed by atoms with Gasteiger partial charge < -0.3 is 10.5 Å². The van der Waals surface area contributed by atoms with E-state index in [0.717, 1.165) is 28.9 Å². The third-order valence-electron chi connectivity index (χ3n) is 4.38. The second-order valence-corrected chi connectivity index (χ2v) is 7.14. The van der Waals surface area contributed by atoms with Crippen LogP contribution in [-0.4, -0.2) is 0 Å². The molecular formula is C24H27NO. The lowest BCUT2D eigenvalue weighted by molar-refractivity contribution is 0.306. The van der Waals surface area contributed by atoms with Crippen molar-refractivity contribution in [1.29, 1.82) is 0 Å². The number of benzene rings is 3. The molecule has 2 heteroatoms. The lowest BCUT2D eigenvalue weighted by Gasteiger charge is -2.12. The van der Waals surface area contributed by atoms with Crippen molar-refractivity contribution in [1.82, 2.24) is 0 Å². The van der Waals surface area contributed by atoms with E-state index >= 15 is 0 Å². The normalized spacial score (nSPS) is 10.9. The van der Waals surface area contributed by atoms with E-state index in [-0.39, 0.29) is 0 Å². The van der Waals surface area contributed by atoms with Gasteiger partial charge >= 0.3 is 0 Å². The third kappa shape index (κ3) is 4.96. The van der Waals surface area contributed by atoms with Crippen LogP contribution in [0.1, 0.15) is 30.5 Å². The van der Waals surface area contributed by atoms with Crippen molar-refractivity contribution in [2.75, 3.05) is 0 Å². The quantitative estimate of drug-likeness (QED) is 0.606. The van der Waals surface area contributed by atoms with Crippen LogP contribution in [0.2, 0.25) is 0 Å². The Hall–Kier alpha value is -2.58. The predicted octanol–water partition coefficient (Wildman–Crippen LogP) is 5.59. The van der Waals surface area contributed by atoms with E-state index in [2.05, 4.69) is 62.4 Å². The Morgan fingerprint density at radius 2 is 1.50 bits per heavy atom. The largest absolute Gasteiger partial charge is 0.489 e. The molecule has 0 aromatic heterocycles. The molecule has 0 aliphatic carbocycles. The first-order valence-corrected chi connectivity index (χ1v) is 9.24. The van der Waals surface area contributed by atoms with Crippen molar-refractivity contribution < 1.29 is 4.74 Å². The van der Waals surface area contributed by atoms with Gasteiger partial charge in [0.05, 0.1) is 0 Å². The summed E-state index contributed by atoms with van der Waals surface area (Å²) in [5.74, 6) is 1.53. The molecule has 0 radical (unpaired) electrons. The van der Waals surface area contributed by atoms with E-state index < -0.39 is 0 Å². The molecule has 2 nitrogen and oxygen atoms in total. The Morgan fingerprint density at radius 1 is 0.769 bits per heavy atom. The second-order valence-electron chi connectivity index (χ2n) is 7.14. The summed E-state index contributed by atoms with van der Waals surface area (Å²) in [4.78, 5) is 0. The zero-order chi connectivity index (χ0) is 18.4. The van der Waals surface area contributed by atoms with Crippen molar-refractivity contribution in [3.8, 4) is 16.9 Å². The van der Waals surface area contributed by atoms with E-state index in [1.165, 1.54) is 11.1 Å². The maximum Gasteiger partial charge on any atom is 0.120 e. The van der Waals surface area contributed by atoms with Crippen molar-refractivity contribution in [2.24, 2.45) is 11.7 Å². The van der Waals surface area contributed by atoms with Crippen molar-refractivity contribution in [3.63, 3.8) is 0 Å². The summed E-state index contributed by atoms with van der Waals surface area (Å²) < 4.78 is 6.02. The maximum atomic E-state index is 6.02. The molecular weight excluding hydrogens is 318 g/mol. The Morgan fingerprint density at radius 3 is 2.15 bits per heavy atom. The minimum atomic E-state index is 0.501. The lowest BCUT2D eigenvalue weighted by Crippen LogP contribution is -2.00. The van der Waals surface area contributed by atoms with E-state index in [1.54, 1.807) is 0 Å². The van der Waals surface area contributed by atoms with Gasteiger partial charge in [0.2, 0.25) is 0 Å². The fourth-order valence-corrected chi connectivity index (χ4v) is 3.07. The molecule has 3 aromatic rings. The Bertz CT molecular complexity index is 823. The van der Waals surface area contributed by atoms with Crippen molar-refractivity contribution in [2.45, 2.75) is 33.4 Å². The van der Waals surface area contributed by atoms with Gasteiger partial charge in [0.25, 0.3) is 0 Å². The zero-order valence-electron chi connectivity index (χ0n) is 15.6. The highest BCUT2D eigenvalue weighted by Crippen LogP contribution is 2.27. The van der Waals surface area contributed by atoms with Crippen LogP contribution < -0.4 is 10.5 Å². The summed E-state index contributed by atoms with van der Waals surface area (Å²) in [6.45, 7) is 5.55. The Kier molecular flexibility index (Phi) is 6.08. The first kappa shape index (κ1) is 18.2. The molecule has 0 bridgehead atoms.